The number of aryl methyl sites for hydroxylation is 1. The van der Waals surface area contributed by atoms with Crippen LogP contribution in [0.2, 0.25) is 0 Å². The third-order valence-corrected chi connectivity index (χ3v) is 3.71. The molecule has 1 saturated heterocycles. The van der Waals surface area contributed by atoms with Crippen molar-refractivity contribution in [3.63, 3.8) is 0 Å². The number of piperazine rings is 1. The molecule has 1 aromatic heterocycles. The standard InChI is InChI=1S/C15H21F3N4O2/c1-3-24-9-4-13(23)21-5-7-22(8-6-21)14-19-11(2)10-12(20-14)15(16,17)18/h10H,3-9H2,1-2H3. The molecular formula is C15H21F3N4O2. The Morgan fingerprint density at radius 1 is 1.25 bits per heavy atom. The second-order valence-electron chi connectivity index (χ2n) is 5.51. The Kier molecular flexibility index (Phi) is 5.98. The van der Waals surface area contributed by atoms with Crippen molar-refractivity contribution in [2.45, 2.75) is 26.4 Å². The van der Waals surface area contributed by atoms with Crippen LogP contribution in [0.25, 0.3) is 0 Å². The molecule has 1 fully saturated rings. The Balaban J connectivity index is 1.97. The number of nitrogens with zero attached hydrogens (tertiary/aromatic N) is 4. The van der Waals surface area contributed by atoms with Gasteiger partial charge in [-0.1, -0.05) is 0 Å². The lowest BCUT2D eigenvalue weighted by atomic mass is 10.3. The van der Waals surface area contributed by atoms with Crippen LogP contribution in [0.4, 0.5) is 19.1 Å². The smallest absolute Gasteiger partial charge is 0.381 e. The highest BCUT2D eigenvalue weighted by Crippen LogP contribution is 2.29. The molecule has 0 atom stereocenters. The lowest BCUT2D eigenvalue weighted by Gasteiger charge is -2.35. The molecule has 1 aromatic rings. The van der Waals surface area contributed by atoms with Crippen molar-refractivity contribution in [1.29, 1.82) is 0 Å². The molecule has 2 rings (SSSR count). The summed E-state index contributed by atoms with van der Waals surface area (Å²) in [6, 6.07) is 0.928. The molecule has 2 heterocycles. The van der Waals surface area contributed by atoms with E-state index in [4.69, 9.17) is 4.74 Å². The van der Waals surface area contributed by atoms with Gasteiger partial charge in [-0.05, 0) is 19.9 Å². The molecule has 0 unspecified atom stereocenters. The maximum absolute atomic E-state index is 12.9. The van der Waals surface area contributed by atoms with E-state index in [0.717, 1.165) is 6.07 Å². The topological polar surface area (TPSA) is 58.6 Å². The summed E-state index contributed by atoms with van der Waals surface area (Å²) in [5, 5.41) is 0. The van der Waals surface area contributed by atoms with Crippen LogP contribution >= 0.6 is 0 Å². The highest BCUT2D eigenvalue weighted by Gasteiger charge is 2.34. The zero-order chi connectivity index (χ0) is 17.7. The maximum Gasteiger partial charge on any atom is 0.433 e. The highest BCUT2D eigenvalue weighted by atomic mass is 19.4. The van der Waals surface area contributed by atoms with Crippen LogP contribution in [0.1, 0.15) is 24.7 Å². The van der Waals surface area contributed by atoms with E-state index >= 15 is 0 Å². The van der Waals surface area contributed by atoms with Gasteiger partial charge in [0.1, 0.15) is 5.69 Å². The van der Waals surface area contributed by atoms with E-state index in [1.54, 1.807) is 9.80 Å². The fraction of sp³-hybridized carbons (Fsp3) is 0.667. The summed E-state index contributed by atoms with van der Waals surface area (Å²) < 4.78 is 43.7. The Labute approximate surface area is 138 Å². The van der Waals surface area contributed by atoms with Gasteiger partial charge in [-0.2, -0.15) is 13.2 Å². The first-order valence-electron chi connectivity index (χ1n) is 7.84. The van der Waals surface area contributed by atoms with E-state index in [1.807, 2.05) is 6.92 Å². The monoisotopic (exact) mass is 346 g/mol. The SMILES string of the molecule is CCOCCC(=O)N1CCN(c2nc(C)cc(C(F)(F)F)n2)CC1. The number of aromatic nitrogens is 2. The summed E-state index contributed by atoms with van der Waals surface area (Å²) >= 11 is 0. The maximum atomic E-state index is 12.9. The summed E-state index contributed by atoms with van der Waals surface area (Å²) in [7, 11) is 0. The first-order chi connectivity index (χ1) is 11.3. The van der Waals surface area contributed by atoms with Crippen molar-refractivity contribution in [2.24, 2.45) is 0 Å². The normalized spacial score (nSPS) is 15.7. The number of anilines is 1. The first-order valence-corrected chi connectivity index (χ1v) is 7.84. The third kappa shape index (κ3) is 4.80. The summed E-state index contributed by atoms with van der Waals surface area (Å²) in [6.07, 6.45) is -4.19. The average molecular weight is 346 g/mol. The van der Waals surface area contributed by atoms with E-state index < -0.39 is 11.9 Å². The van der Waals surface area contributed by atoms with Gasteiger partial charge in [-0.3, -0.25) is 4.79 Å². The van der Waals surface area contributed by atoms with Crippen molar-refractivity contribution < 1.29 is 22.7 Å². The molecular weight excluding hydrogens is 325 g/mol. The number of ether oxygens (including phenoxy) is 1. The van der Waals surface area contributed by atoms with Gasteiger partial charge in [0.2, 0.25) is 11.9 Å². The molecule has 1 aliphatic heterocycles. The van der Waals surface area contributed by atoms with Crippen LogP contribution in [0.3, 0.4) is 0 Å². The van der Waals surface area contributed by atoms with Gasteiger partial charge in [-0.15, -0.1) is 0 Å². The second kappa shape index (κ2) is 7.78. The van der Waals surface area contributed by atoms with E-state index in [1.165, 1.54) is 6.92 Å². The number of alkyl halides is 3. The van der Waals surface area contributed by atoms with Gasteiger partial charge in [0, 0.05) is 38.5 Å². The van der Waals surface area contributed by atoms with Gasteiger partial charge < -0.3 is 14.5 Å². The third-order valence-electron chi connectivity index (χ3n) is 3.71. The van der Waals surface area contributed by atoms with Crippen molar-refractivity contribution in [1.82, 2.24) is 14.9 Å². The molecule has 0 aliphatic carbocycles. The highest BCUT2D eigenvalue weighted by molar-refractivity contribution is 5.76. The number of hydrogen-bond donors (Lipinski definition) is 0. The van der Waals surface area contributed by atoms with Crippen molar-refractivity contribution in [3.05, 3.63) is 17.5 Å². The molecule has 0 spiro atoms. The van der Waals surface area contributed by atoms with Crippen molar-refractivity contribution >= 4 is 11.9 Å². The number of carbonyl (C=O) groups excluding carboxylic acids is 1. The van der Waals surface area contributed by atoms with Crippen LogP contribution in [0.15, 0.2) is 6.07 Å². The molecule has 1 amide bonds. The minimum atomic E-state index is -4.50. The van der Waals surface area contributed by atoms with Gasteiger partial charge >= 0.3 is 6.18 Å². The fourth-order valence-corrected chi connectivity index (χ4v) is 2.46. The lowest BCUT2D eigenvalue weighted by molar-refractivity contribution is -0.141. The molecule has 0 saturated carbocycles. The minimum absolute atomic E-state index is 0.00996. The average Bonchev–Trinajstić information content (AvgIpc) is 2.54. The van der Waals surface area contributed by atoms with Crippen LogP contribution in [-0.2, 0) is 15.7 Å². The molecule has 0 radical (unpaired) electrons. The van der Waals surface area contributed by atoms with Crippen molar-refractivity contribution in [2.75, 3.05) is 44.3 Å². The summed E-state index contributed by atoms with van der Waals surface area (Å²) in [6.45, 7) is 5.99. The molecule has 0 aromatic carbocycles. The van der Waals surface area contributed by atoms with Crippen LogP contribution in [0.5, 0.6) is 0 Å². The Bertz CT molecular complexity index is 572. The van der Waals surface area contributed by atoms with Crippen LogP contribution in [0, 0.1) is 6.92 Å². The molecule has 0 N–H and O–H groups in total. The largest absolute Gasteiger partial charge is 0.433 e. The molecule has 9 heteroatoms. The van der Waals surface area contributed by atoms with Gasteiger partial charge in [0.05, 0.1) is 13.0 Å². The Morgan fingerprint density at radius 3 is 2.50 bits per heavy atom. The van der Waals surface area contributed by atoms with E-state index in [9.17, 15) is 18.0 Å². The molecule has 1 aliphatic rings. The van der Waals surface area contributed by atoms with Gasteiger partial charge in [0.15, 0.2) is 0 Å². The van der Waals surface area contributed by atoms with Crippen LogP contribution < -0.4 is 4.90 Å². The molecule has 24 heavy (non-hydrogen) atoms. The predicted octanol–water partition coefficient (Wildman–Crippen LogP) is 1.88. The zero-order valence-electron chi connectivity index (χ0n) is 13.8. The summed E-state index contributed by atoms with van der Waals surface area (Å²) in [5.74, 6) is 0.0491. The molecule has 6 nitrogen and oxygen atoms in total. The quantitative estimate of drug-likeness (QED) is 0.762. The minimum Gasteiger partial charge on any atom is -0.381 e. The number of amides is 1. The van der Waals surface area contributed by atoms with E-state index in [2.05, 4.69) is 9.97 Å². The van der Waals surface area contributed by atoms with E-state index in [-0.39, 0.29) is 17.5 Å². The lowest BCUT2D eigenvalue weighted by Crippen LogP contribution is -2.49. The fourth-order valence-electron chi connectivity index (χ4n) is 2.46. The Hall–Kier alpha value is -1.90. The number of rotatable bonds is 5. The number of hydrogen-bond acceptors (Lipinski definition) is 5. The van der Waals surface area contributed by atoms with Crippen LogP contribution in [-0.4, -0.2) is 60.2 Å². The number of carbonyl (C=O) groups is 1. The predicted molar refractivity (Wildman–Crippen MR) is 81.7 cm³/mol. The summed E-state index contributed by atoms with van der Waals surface area (Å²) in [4.78, 5) is 23.1. The zero-order valence-corrected chi connectivity index (χ0v) is 13.8. The second-order valence-corrected chi connectivity index (χ2v) is 5.51. The first kappa shape index (κ1) is 18.4. The van der Waals surface area contributed by atoms with Crippen molar-refractivity contribution in [3.8, 4) is 0 Å². The molecule has 134 valence electrons. The van der Waals surface area contributed by atoms with Gasteiger partial charge in [0.25, 0.3) is 0 Å². The van der Waals surface area contributed by atoms with E-state index in [0.29, 0.717) is 45.8 Å². The van der Waals surface area contributed by atoms with Gasteiger partial charge in [-0.25, -0.2) is 9.97 Å². The summed E-state index contributed by atoms with van der Waals surface area (Å²) in [5.41, 5.74) is -0.678. The Morgan fingerprint density at radius 2 is 1.92 bits per heavy atom. The number of halogens is 3. The molecule has 0 bridgehead atoms.